The fraction of sp³-hybridized carbons (Fsp3) is 0.611. The van der Waals surface area contributed by atoms with Crippen molar-refractivity contribution in [3.05, 3.63) is 35.4 Å². The lowest BCUT2D eigenvalue weighted by Gasteiger charge is -2.26. The zero-order valence-electron chi connectivity index (χ0n) is 13.9. The van der Waals surface area contributed by atoms with Gasteiger partial charge in [0.25, 0.3) is 0 Å². The third kappa shape index (κ3) is 4.03. The second kappa shape index (κ2) is 6.89. The molecule has 2 amide bonds. The minimum absolute atomic E-state index is 0.100. The van der Waals surface area contributed by atoms with Crippen molar-refractivity contribution in [1.29, 1.82) is 0 Å². The number of carbonyl (C=O) groups is 1. The molecule has 2 aliphatic rings. The van der Waals surface area contributed by atoms with Gasteiger partial charge in [0.2, 0.25) is 0 Å². The fourth-order valence-corrected chi connectivity index (χ4v) is 3.56. The molecular formula is C18H26N2O3. The van der Waals surface area contributed by atoms with Crippen molar-refractivity contribution in [2.75, 3.05) is 19.8 Å². The predicted octanol–water partition coefficient (Wildman–Crippen LogP) is 2.76. The first-order valence-corrected chi connectivity index (χ1v) is 8.46. The lowest BCUT2D eigenvalue weighted by Crippen LogP contribution is -2.40. The van der Waals surface area contributed by atoms with Gasteiger partial charge < -0.3 is 20.1 Å². The van der Waals surface area contributed by atoms with Gasteiger partial charge in [-0.2, -0.15) is 0 Å². The van der Waals surface area contributed by atoms with E-state index in [0.29, 0.717) is 25.7 Å². The highest BCUT2D eigenvalue weighted by atomic mass is 16.7. The summed E-state index contributed by atoms with van der Waals surface area (Å²) in [6.45, 7) is 5.98. The van der Waals surface area contributed by atoms with Gasteiger partial charge in [-0.15, -0.1) is 0 Å². The standard InChI is InChI=1S/C18H26N2O3/c1-13(11-18(2)22-9-10-23-18)12-19-17(21)20-16-8-7-14-5-3-4-6-15(14)16/h3-6,13,16H,7-12H2,1-2H3,(H2,19,20,21)/t13-,16+/m1/s1. The molecule has 1 aliphatic heterocycles. The summed E-state index contributed by atoms with van der Waals surface area (Å²) in [5.41, 5.74) is 2.59. The highest BCUT2D eigenvalue weighted by Gasteiger charge is 2.32. The van der Waals surface area contributed by atoms with Crippen molar-refractivity contribution in [3.63, 3.8) is 0 Å². The van der Waals surface area contributed by atoms with Gasteiger partial charge in [0.05, 0.1) is 19.3 Å². The van der Waals surface area contributed by atoms with E-state index in [1.807, 2.05) is 13.0 Å². The number of amides is 2. The van der Waals surface area contributed by atoms with Gasteiger partial charge in [0, 0.05) is 13.0 Å². The lowest BCUT2D eigenvalue weighted by molar-refractivity contribution is -0.153. The molecule has 5 nitrogen and oxygen atoms in total. The second-order valence-corrected chi connectivity index (χ2v) is 6.78. The Labute approximate surface area is 137 Å². The normalized spacial score (nSPS) is 23.3. The highest BCUT2D eigenvalue weighted by Crippen LogP contribution is 2.30. The molecule has 0 saturated carbocycles. The van der Waals surface area contributed by atoms with Crippen LogP contribution in [0.4, 0.5) is 4.79 Å². The van der Waals surface area contributed by atoms with Gasteiger partial charge in [-0.3, -0.25) is 0 Å². The van der Waals surface area contributed by atoms with Crippen LogP contribution in [0, 0.1) is 5.92 Å². The number of aryl methyl sites for hydroxylation is 1. The summed E-state index contributed by atoms with van der Waals surface area (Å²) in [4.78, 5) is 12.1. The first-order chi connectivity index (χ1) is 11.1. The van der Waals surface area contributed by atoms with E-state index in [9.17, 15) is 4.79 Å². The van der Waals surface area contributed by atoms with Crippen LogP contribution in [0.15, 0.2) is 24.3 Å². The van der Waals surface area contributed by atoms with E-state index in [0.717, 1.165) is 19.3 Å². The average Bonchev–Trinajstić information content (AvgIpc) is 3.13. The second-order valence-electron chi connectivity index (χ2n) is 6.78. The first-order valence-electron chi connectivity index (χ1n) is 8.46. The largest absolute Gasteiger partial charge is 0.348 e. The zero-order valence-corrected chi connectivity index (χ0v) is 13.9. The molecule has 0 aromatic heterocycles. The molecule has 1 aromatic carbocycles. The zero-order chi connectivity index (χ0) is 16.3. The van der Waals surface area contributed by atoms with Crippen LogP contribution >= 0.6 is 0 Å². The smallest absolute Gasteiger partial charge is 0.315 e. The van der Waals surface area contributed by atoms with Crippen LogP contribution in [-0.4, -0.2) is 31.6 Å². The van der Waals surface area contributed by atoms with Crippen LogP contribution in [0.1, 0.15) is 43.9 Å². The number of urea groups is 1. The number of rotatable bonds is 5. The van der Waals surface area contributed by atoms with Gasteiger partial charge in [0.15, 0.2) is 5.79 Å². The van der Waals surface area contributed by atoms with Crippen molar-refractivity contribution >= 4 is 6.03 Å². The molecule has 1 aromatic rings. The molecule has 3 rings (SSSR count). The topological polar surface area (TPSA) is 59.6 Å². The van der Waals surface area contributed by atoms with Crippen molar-refractivity contribution in [2.45, 2.75) is 44.9 Å². The number of fused-ring (bicyclic) bond motifs is 1. The van der Waals surface area contributed by atoms with Crippen molar-refractivity contribution in [2.24, 2.45) is 5.92 Å². The van der Waals surface area contributed by atoms with E-state index in [-0.39, 0.29) is 12.1 Å². The third-order valence-electron chi connectivity index (χ3n) is 4.67. The van der Waals surface area contributed by atoms with Crippen LogP contribution in [0.2, 0.25) is 0 Å². The Morgan fingerprint density at radius 2 is 2.09 bits per heavy atom. The molecule has 0 unspecified atom stereocenters. The van der Waals surface area contributed by atoms with E-state index in [4.69, 9.17) is 9.47 Å². The maximum absolute atomic E-state index is 12.1. The van der Waals surface area contributed by atoms with E-state index in [1.54, 1.807) is 0 Å². The minimum Gasteiger partial charge on any atom is -0.348 e. The first kappa shape index (κ1) is 16.3. The van der Waals surface area contributed by atoms with Gasteiger partial charge in [0.1, 0.15) is 0 Å². The summed E-state index contributed by atoms with van der Waals surface area (Å²) in [7, 11) is 0. The Morgan fingerprint density at radius 3 is 2.87 bits per heavy atom. The Kier molecular flexibility index (Phi) is 4.87. The van der Waals surface area contributed by atoms with E-state index < -0.39 is 5.79 Å². The quantitative estimate of drug-likeness (QED) is 0.877. The summed E-state index contributed by atoms with van der Waals surface area (Å²) in [5, 5.41) is 6.05. The molecule has 1 saturated heterocycles. The van der Waals surface area contributed by atoms with Crippen LogP contribution in [0.3, 0.4) is 0 Å². The van der Waals surface area contributed by atoms with E-state index in [2.05, 4.69) is 35.8 Å². The molecule has 1 aliphatic carbocycles. The Balaban J connectivity index is 1.43. The summed E-state index contributed by atoms with van der Waals surface area (Å²) < 4.78 is 11.2. The molecule has 2 atom stereocenters. The summed E-state index contributed by atoms with van der Waals surface area (Å²) in [6, 6.07) is 8.35. The molecular weight excluding hydrogens is 292 g/mol. The molecule has 23 heavy (non-hydrogen) atoms. The van der Waals surface area contributed by atoms with Gasteiger partial charge in [-0.1, -0.05) is 31.2 Å². The predicted molar refractivity (Wildman–Crippen MR) is 88.1 cm³/mol. The number of carbonyl (C=O) groups excluding carboxylic acids is 1. The molecule has 1 heterocycles. The van der Waals surface area contributed by atoms with Crippen molar-refractivity contribution in [1.82, 2.24) is 10.6 Å². The Bertz CT molecular complexity index is 555. The van der Waals surface area contributed by atoms with E-state index in [1.165, 1.54) is 11.1 Å². The minimum atomic E-state index is -0.498. The average molecular weight is 318 g/mol. The Morgan fingerprint density at radius 1 is 1.35 bits per heavy atom. The molecule has 0 bridgehead atoms. The third-order valence-corrected chi connectivity index (χ3v) is 4.67. The Hall–Kier alpha value is -1.59. The maximum atomic E-state index is 12.1. The maximum Gasteiger partial charge on any atom is 0.315 e. The van der Waals surface area contributed by atoms with Crippen molar-refractivity contribution in [3.8, 4) is 0 Å². The van der Waals surface area contributed by atoms with Crippen LogP contribution in [-0.2, 0) is 15.9 Å². The van der Waals surface area contributed by atoms with Crippen molar-refractivity contribution < 1.29 is 14.3 Å². The van der Waals surface area contributed by atoms with Gasteiger partial charge in [-0.05, 0) is 36.8 Å². The number of hydrogen-bond acceptors (Lipinski definition) is 3. The number of benzene rings is 1. The molecule has 5 heteroatoms. The summed E-state index contributed by atoms with van der Waals surface area (Å²) >= 11 is 0. The summed E-state index contributed by atoms with van der Waals surface area (Å²) in [5.74, 6) is -0.207. The summed E-state index contributed by atoms with van der Waals surface area (Å²) in [6.07, 6.45) is 2.78. The van der Waals surface area contributed by atoms with E-state index >= 15 is 0 Å². The molecule has 126 valence electrons. The molecule has 0 spiro atoms. The molecule has 2 N–H and O–H groups in total. The number of hydrogen-bond donors (Lipinski definition) is 2. The number of ether oxygens (including phenoxy) is 2. The monoisotopic (exact) mass is 318 g/mol. The number of nitrogens with one attached hydrogen (secondary N) is 2. The molecule has 1 fully saturated rings. The lowest BCUT2D eigenvalue weighted by atomic mass is 10.0. The van der Waals surface area contributed by atoms with Crippen LogP contribution in [0.5, 0.6) is 0 Å². The molecule has 0 radical (unpaired) electrons. The highest BCUT2D eigenvalue weighted by molar-refractivity contribution is 5.74. The van der Waals surface area contributed by atoms with Gasteiger partial charge >= 0.3 is 6.03 Å². The van der Waals surface area contributed by atoms with Crippen LogP contribution < -0.4 is 10.6 Å². The van der Waals surface area contributed by atoms with Gasteiger partial charge in [-0.25, -0.2) is 4.79 Å². The fourth-order valence-electron chi connectivity index (χ4n) is 3.56. The van der Waals surface area contributed by atoms with Crippen LogP contribution in [0.25, 0.3) is 0 Å². The SMILES string of the molecule is C[C@@H](CNC(=O)N[C@H]1CCc2ccccc21)CC1(C)OCCO1.